The molecule has 98 valence electrons. The third-order valence-corrected chi connectivity index (χ3v) is 6.72. The molecule has 4 heteroatoms. The Morgan fingerprint density at radius 3 is 2.41 bits per heavy atom. The van der Waals surface area contributed by atoms with Crippen molar-refractivity contribution in [1.82, 2.24) is 5.32 Å². The molecule has 0 aromatic heterocycles. The van der Waals surface area contributed by atoms with Crippen LogP contribution in [0.5, 0.6) is 0 Å². The first kappa shape index (κ1) is 12.0. The molecule has 17 heavy (non-hydrogen) atoms. The Kier molecular flexibility index (Phi) is 2.78. The SMILES string of the molecule is CS(=O)(=O)C1CCCC1NCC1(C2CC2)CC1. The number of sulfone groups is 1. The smallest absolute Gasteiger partial charge is 0.151 e. The van der Waals surface area contributed by atoms with Crippen molar-refractivity contribution in [3.8, 4) is 0 Å². The molecule has 0 saturated heterocycles. The first-order valence-electron chi connectivity index (χ1n) is 6.94. The van der Waals surface area contributed by atoms with Gasteiger partial charge in [0.2, 0.25) is 0 Å². The quantitative estimate of drug-likeness (QED) is 0.816. The lowest BCUT2D eigenvalue weighted by atomic mass is 10.0. The minimum absolute atomic E-state index is 0.127. The maximum absolute atomic E-state index is 11.7. The molecule has 0 radical (unpaired) electrons. The lowest BCUT2D eigenvalue weighted by Crippen LogP contribution is -2.42. The van der Waals surface area contributed by atoms with E-state index in [0.717, 1.165) is 31.7 Å². The molecular formula is C13H23NO2S. The molecule has 0 aromatic rings. The normalized spacial score (nSPS) is 36.1. The van der Waals surface area contributed by atoms with Gasteiger partial charge < -0.3 is 5.32 Å². The van der Waals surface area contributed by atoms with Crippen LogP contribution in [0.2, 0.25) is 0 Å². The molecule has 2 unspecified atom stereocenters. The maximum Gasteiger partial charge on any atom is 0.151 e. The van der Waals surface area contributed by atoms with E-state index < -0.39 is 9.84 Å². The van der Waals surface area contributed by atoms with Gasteiger partial charge in [-0.15, -0.1) is 0 Å². The van der Waals surface area contributed by atoms with Crippen molar-refractivity contribution in [2.75, 3.05) is 12.8 Å². The molecule has 0 amide bonds. The average Bonchev–Trinajstić information content (AvgIpc) is 3.12. The first-order chi connectivity index (χ1) is 8.01. The van der Waals surface area contributed by atoms with E-state index in [0.29, 0.717) is 5.41 Å². The molecule has 3 nitrogen and oxygen atoms in total. The Bertz CT molecular complexity index is 396. The third kappa shape index (κ3) is 2.39. The zero-order valence-corrected chi connectivity index (χ0v) is 11.4. The number of hydrogen-bond acceptors (Lipinski definition) is 3. The van der Waals surface area contributed by atoms with Gasteiger partial charge in [-0.1, -0.05) is 6.42 Å². The lowest BCUT2D eigenvalue weighted by molar-refractivity contribution is 0.372. The summed E-state index contributed by atoms with van der Waals surface area (Å²) in [5, 5.41) is 3.46. The summed E-state index contributed by atoms with van der Waals surface area (Å²) in [6, 6.07) is 0.223. The average molecular weight is 257 g/mol. The predicted molar refractivity (Wildman–Crippen MR) is 68.7 cm³/mol. The van der Waals surface area contributed by atoms with E-state index in [4.69, 9.17) is 0 Å². The van der Waals surface area contributed by atoms with Gasteiger partial charge in [-0.2, -0.15) is 0 Å². The fraction of sp³-hybridized carbons (Fsp3) is 1.00. The number of rotatable bonds is 5. The summed E-state index contributed by atoms with van der Waals surface area (Å²) in [5.41, 5.74) is 0.574. The van der Waals surface area contributed by atoms with Crippen molar-refractivity contribution in [3.05, 3.63) is 0 Å². The van der Waals surface area contributed by atoms with Crippen LogP contribution in [0.3, 0.4) is 0 Å². The monoisotopic (exact) mass is 257 g/mol. The van der Waals surface area contributed by atoms with E-state index in [1.165, 1.54) is 31.9 Å². The standard InChI is InChI=1S/C13H23NO2S/c1-17(15,16)12-4-2-3-11(12)14-9-13(7-8-13)10-5-6-10/h10-12,14H,2-9H2,1H3. The van der Waals surface area contributed by atoms with Crippen LogP contribution >= 0.6 is 0 Å². The van der Waals surface area contributed by atoms with Crippen LogP contribution in [0.1, 0.15) is 44.9 Å². The van der Waals surface area contributed by atoms with Gasteiger partial charge in [0.25, 0.3) is 0 Å². The highest BCUT2D eigenvalue weighted by Crippen LogP contribution is 2.60. The molecule has 3 aliphatic carbocycles. The van der Waals surface area contributed by atoms with Crippen molar-refractivity contribution >= 4 is 9.84 Å². The van der Waals surface area contributed by atoms with Gasteiger partial charge in [0, 0.05) is 18.8 Å². The zero-order chi connectivity index (χ0) is 12.1. The summed E-state index contributed by atoms with van der Waals surface area (Å²) in [6.45, 7) is 1.06. The summed E-state index contributed by atoms with van der Waals surface area (Å²) in [5.74, 6) is 0.952. The highest BCUT2D eigenvalue weighted by Gasteiger charge is 2.53. The van der Waals surface area contributed by atoms with Gasteiger partial charge in [0.1, 0.15) is 0 Å². The van der Waals surface area contributed by atoms with Crippen LogP contribution in [0, 0.1) is 11.3 Å². The summed E-state index contributed by atoms with van der Waals surface area (Å²) < 4.78 is 23.4. The van der Waals surface area contributed by atoms with E-state index >= 15 is 0 Å². The Hall–Kier alpha value is -0.0900. The Morgan fingerprint density at radius 1 is 1.18 bits per heavy atom. The second-order valence-corrected chi connectivity index (χ2v) is 8.69. The van der Waals surface area contributed by atoms with E-state index in [2.05, 4.69) is 5.32 Å². The van der Waals surface area contributed by atoms with E-state index in [1.807, 2.05) is 0 Å². The van der Waals surface area contributed by atoms with Crippen molar-refractivity contribution in [1.29, 1.82) is 0 Å². The Labute approximate surface area is 104 Å². The third-order valence-electron chi connectivity index (χ3n) is 5.05. The molecule has 0 heterocycles. The van der Waals surface area contributed by atoms with Crippen LogP contribution in [-0.2, 0) is 9.84 Å². The van der Waals surface area contributed by atoms with Crippen molar-refractivity contribution in [2.24, 2.45) is 11.3 Å². The molecule has 0 aromatic carbocycles. The van der Waals surface area contributed by atoms with Crippen molar-refractivity contribution in [2.45, 2.75) is 56.2 Å². The molecule has 0 aliphatic heterocycles. The number of hydrogen-bond donors (Lipinski definition) is 1. The summed E-state index contributed by atoms with van der Waals surface area (Å²) in [4.78, 5) is 0. The molecule has 1 N–H and O–H groups in total. The molecule has 2 atom stereocenters. The molecule has 3 fully saturated rings. The zero-order valence-electron chi connectivity index (χ0n) is 10.6. The first-order valence-corrected chi connectivity index (χ1v) is 8.89. The summed E-state index contributed by atoms with van der Waals surface area (Å²) in [7, 11) is -2.87. The van der Waals surface area contributed by atoms with Crippen LogP contribution in [0.25, 0.3) is 0 Å². The summed E-state index contributed by atoms with van der Waals surface area (Å²) in [6.07, 6.45) is 9.88. The summed E-state index contributed by atoms with van der Waals surface area (Å²) >= 11 is 0. The van der Waals surface area contributed by atoms with Gasteiger partial charge >= 0.3 is 0 Å². The molecule has 3 saturated carbocycles. The number of nitrogens with one attached hydrogen (secondary N) is 1. The lowest BCUT2D eigenvalue weighted by Gasteiger charge is -2.23. The topological polar surface area (TPSA) is 46.2 Å². The fourth-order valence-electron chi connectivity index (χ4n) is 3.59. The van der Waals surface area contributed by atoms with Gasteiger partial charge in [-0.3, -0.25) is 0 Å². The fourth-order valence-corrected chi connectivity index (χ4v) is 5.02. The maximum atomic E-state index is 11.7. The highest BCUT2D eigenvalue weighted by atomic mass is 32.2. The highest BCUT2D eigenvalue weighted by molar-refractivity contribution is 7.91. The molecular weight excluding hydrogens is 234 g/mol. The van der Waals surface area contributed by atoms with Gasteiger partial charge in [0.05, 0.1) is 5.25 Å². The van der Waals surface area contributed by atoms with Crippen molar-refractivity contribution in [3.63, 3.8) is 0 Å². The van der Waals surface area contributed by atoms with Gasteiger partial charge in [-0.05, 0) is 49.9 Å². The van der Waals surface area contributed by atoms with Crippen LogP contribution in [0.4, 0.5) is 0 Å². The molecule has 3 aliphatic rings. The van der Waals surface area contributed by atoms with Crippen LogP contribution in [0.15, 0.2) is 0 Å². The van der Waals surface area contributed by atoms with E-state index in [-0.39, 0.29) is 11.3 Å². The minimum Gasteiger partial charge on any atom is -0.312 e. The Morgan fingerprint density at radius 2 is 1.88 bits per heavy atom. The van der Waals surface area contributed by atoms with Gasteiger partial charge in [0.15, 0.2) is 9.84 Å². The largest absolute Gasteiger partial charge is 0.312 e. The van der Waals surface area contributed by atoms with Crippen LogP contribution < -0.4 is 5.32 Å². The molecule has 0 spiro atoms. The second kappa shape index (κ2) is 3.95. The van der Waals surface area contributed by atoms with E-state index in [9.17, 15) is 8.42 Å². The van der Waals surface area contributed by atoms with E-state index in [1.54, 1.807) is 0 Å². The minimum atomic E-state index is -2.87. The van der Waals surface area contributed by atoms with Gasteiger partial charge in [-0.25, -0.2) is 8.42 Å². The molecule has 0 bridgehead atoms. The van der Waals surface area contributed by atoms with Crippen LogP contribution in [-0.4, -0.2) is 32.5 Å². The van der Waals surface area contributed by atoms with Crippen molar-refractivity contribution < 1.29 is 8.42 Å². The predicted octanol–water partition coefficient (Wildman–Crippen LogP) is 1.73. The second-order valence-electron chi connectivity index (χ2n) is 6.42. The Balaban J connectivity index is 1.58. The molecule has 3 rings (SSSR count).